The van der Waals surface area contributed by atoms with Crippen LogP contribution in [0.1, 0.15) is 38.5 Å². The van der Waals surface area contributed by atoms with Crippen molar-refractivity contribution in [2.45, 2.75) is 50.7 Å². The monoisotopic (exact) mass is 320 g/mol. The number of nitrogens with one attached hydrogen (secondary N) is 2. The molecule has 1 atom stereocenters. The summed E-state index contributed by atoms with van der Waals surface area (Å²) in [4.78, 5) is 0. The van der Waals surface area contributed by atoms with Gasteiger partial charge in [-0.15, -0.1) is 0 Å². The molecule has 0 amide bonds. The molecule has 1 aliphatic carbocycles. The van der Waals surface area contributed by atoms with Crippen molar-refractivity contribution < 1.29 is 9.47 Å². The van der Waals surface area contributed by atoms with E-state index in [2.05, 4.69) is 10.6 Å². The van der Waals surface area contributed by atoms with E-state index in [1.807, 2.05) is 24.3 Å². The van der Waals surface area contributed by atoms with Gasteiger partial charge in [0.25, 0.3) is 0 Å². The summed E-state index contributed by atoms with van der Waals surface area (Å²) in [5, 5.41) is 7.05. The molecule has 1 aromatic carbocycles. The maximum absolute atomic E-state index is 5.96. The van der Waals surface area contributed by atoms with Crippen molar-refractivity contribution in [3.63, 3.8) is 0 Å². The Labute approximate surface area is 137 Å². The number of benzene rings is 1. The molecule has 0 radical (unpaired) electrons. The van der Waals surface area contributed by atoms with Crippen LogP contribution in [-0.2, 0) is 4.74 Å². The lowest BCUT2D eigenvalue weighted by Gasteiger charge is -2.15. The van der Waals surface area contributed by atoms with Crippen molar-refractivity contribution in [2.75, 3.05) is 18.5 Å². The summed E-state index contributed by atoms with van der Waals surface area (Å²) in [6, 6.07) is 8.02. The SMILES string of the molecule is S=C(NC[C@H]1CCCO1)Nc1ccc(OC2CCCC2)cc1. The fourth-order valence-electron chi connectivity index (χ4n) is 3.00. The second-order valence-electron chi connectivity index (χ2n) is 6.02. The number of hydrogen-bond acceptors (Lipinski definition) is 3. The summed E-state index contributed by atoms with van der Waals surface area (Å²) in [6.07, 6.45) is 7.88. The second kappa shape index (κ2) is 7.79. The van der Waals surface area contributed by atoms with E-state index in [-0.39, 0.29) is 0 Å². The molecular weight excluding hydrogens is 296 g/mol. The molecule has 2 fully saturated rings. The van der Waals surface area contributed by atoms with Gasteiger partial charge in [0.15, 0.2) is 5.11 Å². The Morgan fingerprint density at radius 1 is 1.14 bits per heavy atom. The zero-order valence-corrected chi connectivity index (χ0v) is 13.7. The first-order valence-corrected chi connectivity index (χ1v) is 8.63. The van der Waals surface area contributed by atoms with Gasteiger partial charge in [0, 0.05) is 18.8 Å². The lowest BCUT2D eigenvalue weighted by Crippen LogP contribution is -2.34. The average Bonchev–Trinajstić information content (AvgIpc) is 3.20. The van der Waals surface area contributed by atoms with Crippen LogP contribution in [0.4, 0.5) is 5.69 Å². The van der Waals surface area contributed by atoms with E-state index in [4.69, 9.17) is 21.7 Å². The Morgan fingerprint density at radius 2 is 1.91 bits per heavy atom. The molecule has 1 saturated carbocycles. The van der Waals surface area contributed by atoms with Crippen LogP contribution < -0.4 is 15.4 Å². The molecule has 0 aromatic heterocycles. The van der Waals surface area contributed by atoms with Crippen LogP contribution in [-0.4, -0.2) is 30.5 Å². The third kappa shape index (κ3) is 4.58. The van der Waals surface area contributed by atoms with E-state index >= 15 is 0 Å². The van der Waals surface area contributed by atoms with E-state index in [1.54, 1.807) is 0 Å². The third-order valence-corrected chi connectivity index (χ3v) is 4.48. The molecule has 120 valence electrons. The highest BCUT2D eigenvalue weighted by molar-refractivity contribution is 7.80. The lowest BCUT2D eigenvalue weighted by atomic mass is 10.2. The van der Waals surface area contributed by atoms with Gasteiger partial charge in [-0.1, -0.05) is 0 Å². The predicted octanol–water partition coefficient (Wildman–Crippen LogP) is 3.47. The zero-order valence-electron chi connectivity index (χ0n) is 12.8. The van der Waals surface area contributed by atoms with Crippen molar-refractivity contribution in [2.24, 2.45) is 0 Å². The molecular formula is C17H24N2O2S. The van der Waals surface area contributed by atoms with E-state index in [9.17, 15) is 0 Å². The van der Waals surface area contributed by atoms with Crippen molar-refractivity contribution in [1.82, 2.24) is 5.32 Å². The lowest BCUT2D eigenvalue weighted by molar-refractivity contribution is 0.114. The number of thiocarbonyl (C=S) groups is 1. The fraction of sp³-hybridized carbons (Fsp3) is 0.588. The fourth-order valence-corrected chi connectivity index (χ4v) is 3.20. The molecule has 3 rings (SSSR count). The molecule has 2 aliphatic rings. The van der Waals surface area contributed by atoms with Crippen molar-refractivity contribution in [3.8, 4) is 5.75 Å². The van der Waals surface area contributed by atoms with Gasteiger partial charge in [0.2, 0.25) is 0 Å². The minimum atomic E-state index is 0.293. The summed E-state index contributed by atoms with van der Waals surface area (Å²) in [6.45, 7) is 1.64. The Morgan fingerprint density at radius 3 is 2.59 bits per heavy atom. The van der Waals surface area contributed by atoms with Gasteiger partial charge in [-0.3, -0.25) is 0 Å². The first kappa shape index (κ1) is 15.6. The highest BCUT2D eigenvalue weighted by Gasteiger charge is 2.16. The average molecular weight is 320 g/mol. The summed E-state index contributed by atoms with van der Waals surface area (Å²) in [5.74, 6) is 0.940. The second-order valence-corrected chi connectivity index (χ2v) is 6.43. The van der Waals surface area contributed by atoms with E-state index in [0.717, 1.165) is 37.4 Å². The number of rotatable bonds is 5. The maximum Gasteiger partial charge on any atom is 0.170 e. The zero-order chi connectivity index (χ0) is 15.2. The topological polar surface area (TPSA) is 42.5 Å². The Kier molecular flexibility index (Phi) is 5.51. The van der Waals surface area contributed by atoms with Crippen LogP contribution in [0.3, 0.4) is 0 Å². The van der Waals surface area contributed by atoms with Crippen LogP contribution in [0.5, 0.6) is 5.75 Å². The maximum atomic E-state index is 5.96. The first-order chi connectivity index (χ1) is 10.8. The van der Waals surface area contributed by atoms with Gasteiger partial charge in [-0.25, -0.2) is 0 Å². The Hall–Kier alpha value is -1.33. The molecule has 22 heavy (non-hydrogen) atoms. The van der Waals surface area contributed by atoms with Crippen LogP contribution in [0.15, 0.2) is 24.3 Å². The van der Waals surface area contributed by atoms with E-state index in [1.165, 1.54) is 25.7 Å². The number of ether oxygens (including phenoxy) is 2. The molecule has 0 unspecified atom stereocenters. The normalized spacial score (nSPS) is 21.7. The molecule has 0 spiro atoms. The van der Waals surface area contributed by atoms with Gasteiger partial charge in [-0.05, 0) is 75.0 Å². The smallest absolute Gasteiger partial charge is 0.170 e. The largest absolute Gasteiger partial charge is 0.490 e. The van der Waals surface area contributed by atoms with Crippen LogP contribution in [0.25, 0.3) is 0 Å². The van der Waals surface area contributed by atoms with Gasteiger partial charge < -0.3 is 20.1 Å². The molecule has 0 bridgehead atoms. The van der Waals surface area contributed by atoms with Gasteiger partial charge >= 0.3 is 0 Å². The van der Waals surface area contributed by atoms with E-state index in [0.29, 0.717) is 17.3 Å². The number of hydrogen-bond donors (Lipinski definition) is 2. The molecule has 2 N–H and O–H groups in total. The summed E-state index contributed by atoms with van der Waals surface area (Å²) >= 11 is 5.31. The van der Waals surface area contributed by atoms with Crippen LogP contribution >= 0.6 is 12.2 Å². The van der Waals surface area contributed by atoms with Gasteiger partial charge in [-0.2, -0.15) is 0 Å². The van der Waals surface area contributed by atoms with E-state index < -0.39 is 0 Å². The Balaban J connectivity index is 1.42. The summed E-state index contributed by atoms with van der Waals surface area (Å²) in [5.41, 5.74) is 0.976. The minimum absolute atomic E-state index is 0.293. The molecule has 1 aromatic rings. The molecule has 1 heterocycles. The summed E-state index contributed by atoms with van der Waals surface area (Å²) in [7, 11) is 0. The standard InChI is InChI=1S/C17H24N2O2S/c22-17(18-12-16-6-3-11-20-16)19-13-7-9-15(10-8-13)21-14-4-1-2-5-14/h7-10,14,16H,1-6,11-12H2,(H2,18,19,22)/t16-/m1/s1. The first-order valence-electron chi connectivity index (χ1n) is 8.23. The van der Waals surface area contributed by atoms with Gasteiger partial charge in [0.1, 0.15) is 5.75 Å². The Bertz CT molecular complexity index is 480. The highest BCUT2D eigenvalue weighted by Crippen LogP contribution is 2.25. The van der Waals surface area contributed by atoms with Crippen LogP contribution in [0.2, 0.25) is 0 Å². The van der Waals surface area contributed by atoms with Gasteiger partial charge in [0.05, 0.1) is 12.2 Å². The molecule has 1 saturated heterocycles. The van der Waals surface area contributed by atoms with Crippen molar-refractivity contribution in [3.05, 3.63) is 24.3 Å². The number of anilines is 1. The quantitative estimate of drug-likeness (QED) is 0.813. The van der Waals surface area contributed by atoms with Crippen LogP contribution in [0, 0.1) is 0 Å². The molecule has 5 heteroatoms. The molecule has 1 aliphatic heterocycles. The molecule has 4 nitrogen and oxygen atoms in total. The minimum Gasteiger partial charge on any atom is -0.490 e. The van der Waals surface area contributed by atoms with Crippen molar-refractivity contribution >= 4 is 23.0 Å². The highest BCUT2D eigenvalue weighted by atomic mass is 32.1. The predicted molar refractivity (Wildman–Crippen MR) is 92.5 cm³/mol. The third-order valence-electron chi connectivity index (χ3n) is 4.23. The van der Waals surface area contributed by atoms with Crippen molar-refractivity contribution in [1.29, 1.82) is 0 Å². The summed E-state index contributed by atoms with van der Waals surface area (Å²) < 4.78 is 11.5.